The SMILES string of the molecule is CC(=O)c1ccc(Nc2c3ccccc3nc3c2c(C)nn3C)cc1.Cl. The van der Waals surface area contributed by atoms with Gasteiger partial charge in [0.25, 0.3) is 0 Å². The molecule has 2 aromatic heterocycles. The number of hydrogen-bond donors (Lipinski definition) is 1. The number of aromatic nitrogens is 3. The van der Waals surface area contributed by atoms with Gasteiger partial charge in [0.15, 0.2) is 11.4 Å². The molecule has 0 bridgehead atoms. The number of pyridine rings is 1. The Labute approximate surface area is 157 Å². The summed E-state index contributed by atoms with van der Waals surface area (Å²) in [4.78, 5) is 16.2. The molecule has 6 heteroatoms. The lowest BCUT2D eigenvalue weighted by Crippen LogP contribution is -1.98. The lowest BCUT2D eigenvalue weighted by molar-refractivity contribution is 0.101. The first-order chi connectivity index (χ1) is 12.0. The summed E-state index contributed by atoms with van der Waals surface area (Å²) in [6, 6.07) is 15.6. The Kier molecular flexibility index (Phi) is 4.66. The number of anilines is 2. The van der Waals surface area contributed by atoms with Crippen molar-refractivity contribution in [2.24, 2.45) is 7.05 Å². The summed E-state index contributed by atoms with van der Waals surface area (Å²) in [5.41, 5.74) is 5.30. The van der Waals surface area contributed by atoms with Gasteiger partial charge in [-0.15, -0.1) is 12.4 Å². The molecule has 132 valence electrons. The first-order valence-corrected chi connectivity index (χ1v) is 8.14. The van der Waals surface area contributed by atoms with Crippen LogP contribution in [0.2, 0.25) is 0 Å². The molecule has 0 saturated carbocycles. The fourth-order valence-electron chi connectivity index (χ4n) is 3.16. The minimum atomic E-state index is 0. The van der Waals surface area contributed by atoms with Gasteiger partial charge in [0, 0.05) is 23.7 Å². The highest BCUT2D eigenvalue weighted by Crippen LogP contribution is 2.34. The lowest BCUT2D eigenvalue weighted by Gasteiger charge is -2.12. The van der Waals surface area contributed by atoms with Gasteiger partial charge in [0.2, 0.25) is 0 Å². The zero-order chi connectivity index (χ0) is 17.6. The van der Waals surface area contributed by atoms with Gasteiger partial charge in [0.1, 0.15) is 0 Å². The Hall–Kier alpha value is -2.92. The predicted octanol–water partition coefficient (Wildman–Crippen LogP) is 4.80. The van der Waals surface area contributed by atoms with Crippen molar-refractivity contribution in [3.63, 3.8) is 0 Å². The number of nitrogens with zero attached hydrogens (tertiary/aromatic N) is 3. The zero-order valence-electron chi connectivity index (χ0n) is 14.8. The van der Waals surface area contributed by atoms with Crippen molar-refractivity contribution in [3.8, 4) is 0 Å². The van der Waals surface area contributed by atoms with Gasteiger partial charge in [-0.05, 0) is 44.2 Å². The summed E-state index contributed by atoms with van der Waals surface area (Å²) in [5.74, 6) is 0.0615. The standard InChI is InChI=1S/C20H18N4O.ClH/c1-12-18-19(21-15-10-8-14(9-11-15)13(2)25)16-6-4-5-7-17(16)22-20(18)24(3)23-12;/h4-11H,1-3H3,(H,21,22);1H. The maximum absolute atomic E-state index is 11.5. The maximum atomic E-state index is 11.5. The van der Waals surface area contributed by atoms with E-state index in [1.807, 2.05) is 56.4 Å². The van der Waals surface area contributed by atoms with Gasteiger partial charge in [-0.3, -0.25) is 9.48 Å². The molecule has 2 heterocycles. The van der Waals surface area contributed by atoms with E-state index in [4.69, 9.17) is 4.98 Å². The average Bonchev–Trinajstić information content (AvgIpc) is 2.89. The van der Waals surface area contributed by atoms with Crippen LogP contribution in [0.4, 0.5) is 11.4 Å². The molecule has 0 aliphatic carbocycles. The Balaban J connectivity index is 0.00000196. The summed E-state index contributed by atoms with van der Waals surface area (Å²) in [6.07, 6.45) is 0. The van der Waals surface area contributed by atoms with Crippen molar-refractivity contribution in [1.29, 1.82) is 0 Å². The number of ketones is 1. The summed E-state index contributed by atoms with van der Waals surface area (Å²) in [7, 11) is 1.91. The molecule has 0 aliphatic rings. The molecule has 5 nitrogen and oxygen atoms in total. The second-order valence-electron chi connectivity index (χ2n) is 6.17. The molecule has 0 fully saturated rings. The molecular weight excluding hydrogens is 348 g/mol. The van der Waals surface area contributed by atoms with Gasteiger partial charge in [-0.1, -0.05) is 18.2 Å². The fraction of sp³-hybridized carbons (Fsp3) is 0.150. The quantitative estimate of drug-likeness (QED) is 0.529. The number of Topliss-reactive ketones (excluding diaryl/α,β-unsaturated/α-hetero) is 1. The molecule has 0 radical (unpaired) electrons. The maximum Gasteiger partial charge on any atom is 0.160 e. The van der Waals surface area contributed by atoms with Crippen LogP contribution in [0.5, 0.6) is 0 Å². The summed E-state index contributed by atoms with van der Waals surface area (Å²) >= 11 is 0. The van der Waals surface area contributed by atoms with E-state index in [1.54, 1.807) is 11.6 Å². The van der Waals surface area contributed by atoms with Crippen molar-refractivity contribution in [2.45, 2.75) is 13.8 Å². The van der Waals surface area contributed by atoms with Crippen molar-refractivity contribution in [2.75, 3.05) is 5.32 Å². The molecular formula is C20H19ClN4O. The molecule has 0 amide bonds. The van der Waals surface area contributed by atoms with Gasteiger partial charge < -0.3 is 5.32 Å². The van der Waals surface area contributed by atoms with Gasteiger partial charge in [-0.25, -0.2) is 4.98 Å². The summed E-state index contributed by atoms with van der Waals surface area (Å²) in [5, 5.41) is 10.1. The predicted molar refractivity (Wildman–Crippen MR) is 108 cm³/mol. The van der Waals surface area contributed by atoms with E-state index in [0.717, 1.165) is 39.0 Å². The van der Waals surface area contributed by atoms with E-state index in [1.165, 1.54) is 0 Å². The van der Waals surface area contributed by atoms with Crippen LogP contribution in [0.15, 0.2) is 48.5 Å². The van der Waals surface area contributed by atoms with Crippen LogP contribution < -0.4 is 5.32 Å². The van der Waals surface area contributed by atoms with Crippen LogP contribution in [0.1, 0.15) is 23.0 Å². The number of hydrogen-bond acceptors (Lipinski definition) is 4. The highest BCUT2D eigenvalue weighted by Gasteiger charge is 2.15. The van der Waals surface area contributed by atoms with Crippen LogP contribution in [-0.2, 0) is 7.05 Å². The monoisotopic (exact) mass is 366 g/mol. The average molecular weight is 367 g/mol. The molecule has 4 aromatic rings. The third kappa shape index (κ3) is 2.91. The van der Waals surface area contributed by atoms with E-state index in [-0.39, 0.29) is 18.2 Å². The van der Waals surface area contributed by atoms with E-state index < -0.39 is 0 Å². The molecule has 0 unspecified atom stereocenters. The number of para-hydroxylation sites is 1. The normalized spacial score (nSPS) is 10.7. The third-order valence-electron chi connectivity index (χ3n) is 4.40. The van der Waals surface area contributed by atoms with Crippen LogP contribution in [0.25, 0.3) is 21.9 Å². The summed E-state index contributed by atoms with van der Waals surface area (Å²) < 4.78 is 1.81. The highest BCUT2D eigenvalue weighted by atomic mass is 35.5. The van der Waals surface area contributed by atoms with E-state index in [9.17, 15) is 4.79 Å². The molecule has 2 aromatic carbocycles. The van der Waals surface area contributed by atoms with Gasteiger partial charge in [-0.2, -0.15) is 5.10 Å². The van der Waals surface area contributed by atoms with Crippen molar-refractivity contribution in [1.82, 2.24) is 14.8 Å². The van der Waals surface area contributed by atoms with Crippen LogP contribution >= 0.6 is 12.4 Å². The zero-order valence-corrected chi connectivity index (χ0v) is 15.6. The second kappa shape index (κ2) is 6.77. The van der Waals surface area contributed by atoms with Crippen LogP contribution in [-0.4, -0.2) is 20.5 Å². The topological polar surface area (TPSA) is 59.8 Å². The van der Waals surface area contributed by atoms with Gasteiger partial charge >= 0.3 is 0 Å². The van der Waals surface area contributed by atoms with Crippen molar-refractivity contribution < 1.29 is 4.79 Å². The number of fused-ring (bicyclic) bond motifs is 2. The van der Waals surface area contributed by atoms with Crippen LogP contribution in [0.3, 0.4) is 0 Å². The number of nitrogens with one attached hydrogen (secondary N) is 1. The molecule has 1 N–H and O–H groups in total. The molecule has 0 spiro atoms. The number of rotatable bonds is 3. The lowest BCUT2D eigenvalue weighted by atomic mass is 10.1. The Bertz CT molecular complexity index is 1120. The van der Waals surface area contributed by atoms with Crippen LogP contribution in [0, 0.1) is 6.92 Å². The van der Waals surface area contributed by atoms with Crippen molar-refractivity contribution in [3.05, 3.63) is 59.8 Å². The first kappa shape index (κ1) is 17.9. The Morgan fingerprint density at radius 2 is 1.77 bits per heavy atom. The first-order valence-electron chi connectivity index (χ1n) is 8.14. The number of carbonyl (C=O) groups excluding carboxylic acids is 1. The largest absolute Gasteiger partial charge is 0.354 e. The second-order valence-corrected chi connectivity index (χ2v) is 6.17. The number of carbonyl (C=O) groups is 1. The smallest absolute Gasteiger partial charge is 0.160 e. The molecule has 4 rings (SSSR count). The number of halogens is 1. The number of aryl methyl sites for hydroxylation is 2. The molecule has 0 aliphatic heterocycles. The van der Waals surface area contributed by atoms with E-state index in [2.05, 4.69) is 16.5 Å². The summed E-state index contributed by atoms with van der Waals surface area (Å²) in [6.45, 7) is 3.56. The van der Waals surface area contributed by atoms with Gasteiger partial charge in [0.05, 0.1) is 22.3 Å². The Morgan fingerprint density at radius 1 is 1.08 bits per heavy atom. The number of benzene rings is 2. The molecule has 26 heavy (non-hydrogen) atoms. The van der Waals surface area contributed by atoms with E-state index >= 15 is 0 Å². The Morgan fingerprint density at radius 3 is 2.46 bits per heavy atom. The third-order valence-corrected chi connectivity index (χ3v) is 4.40. The minimum Gasteiger partial charge on any atom is -0.354 e. The van der Waals surface area contributed by atoms with E-state index in [0.29, 0.717) is 5.56 Å². The highest BCUT2D eigenvalue weighted by molar-refractivity contribution is 6.09. The van der Waals surface area contributed by atoms with Crippen molar-refractivity contribution >= 4 is 51.5 Å². The fourth-order valence-corrected chi connectivity index (χ4v) is 3.16. The molecule has 0 atom stereocenters. The minimum absolute atomic E-state index is 0. The molecule has 0 saturated heterocycles.